The second-order valence-corrected chi connectivity index (χ2v) is 10.7. The van der Waals surface area contributed by atoms with Gasteiger partial charge in [-0.05, 0) is 85.9 Å². The van der Waals surface area contributed by atoms with E-state index in [0.717, 1.165) is 31.2 Å². The minimum absolute atomic E-state index is 0.186. The average molecular weight is 497 g/mol. The monoisotopic (exact) mass is 496 g/mol. The molecule has 0 aromatic heterocycles. The minimum Gasteiger partial charge on any atom is -0.483 e. The van der Waals surface area contributed by atoms with Crippen LogP contribution in [-0.2, 0) is 5.60 Å². The van der Waals surface area contributed by atoms with Crippen LogP contribution in [0.2, 0.25) is 0 Å². The fourth-order valence-corrected chi connectivity index (χ4v) is 7.47. The van der Waals surface area contributed by atoms with Gasteiger partial charge in [-0.15, -0.1) is 0 Å². The predicted octanol–water partition coefficient (Wildman–Crippen LogP) is 6.11. The molecule has 3 aromatic carbocycles. The van der Waals surface area contributed by atoms with E-state index < -0.39 is 11.2 Å². The Morgan fingerprint density at radius 3 is 1.66 bits per heavy atom. The van der Waals surface area contributed by atoms with Gasteiger partial charge in [0, 0.05) is 5.92 Å². The summed E-state index contributed by atoms with van der Waals surface area (Å²) < 4.78 is 14.1. The summed E-state index contributed by atoms with van der Waals surface area (Å²) in [4.78, 5) is 0. The molecule has 4 aliphatic rings. The molecule has 6 heteroatoms. The summed E-state index contributed by atoms with van der Waals surface area (Å²) in [6.07, 6.45) is 4.83. The molecule has 3 atom stereocenters. The molecule has 4 bridgehead atoms. The summed E-state index contributed by atoms with van der Waals surface area (Å²) in [6, 6.07) is 28.7. The molecule has 7 rings (SSSR count). The first kappa shape index (κ1) is 23.6. The summed E-state index contributed by atoms with van der Waals surface area (Å²) >= 11 is 0. The topological polar surface area (TPSA) is 114 Å². The maximum absolute atomic E-state index is 9.67. The molecule has 3 unspecified atom stereocenters. The van der Waals surface area contributed by atoms with Crippen LogP contribution in [0, 0.1) is 63.1 Å². The van der Waals surface area contributed by atoms with Crippen LogP contribution >= 0.6 is 0 Å². The number of benzene rings is 3. The normalized spacial score (nSPS) is 28.4. The van der Waals surface area contributed by atoms with Crippen LogP contribution in [0.4, 0.5) is 0 Å². The molecular weight excluding hydrogens is 472 g/mol. The van der Waals surface area contributed by atoms with Gasteiger partial charge in [0.05, 0.1) is 22.3 Å². The van der Waals surface area contributed by atoms with Crippen LogP contribution in [0.25, 0.3) is 0 Å². The highest BCUT2D eigenvalue weighted by Crippen LogP contribution is 2.66. The number of rotatable bonds is 5. The van der Waals surface area contributed by atoms with Crippen molar-refractivity contribution in [2.45, 2.75) is 43.3 Å². The second kappa shape index (κ2) is 8.95. The van der Waals surface area contributed by atoms with Gasteiger partial charge in [-0.1, -0.05) is 30.3 Å². The van der Waals surface area contributed by atoms with Crippen LogP contribution < -0.4 is 9.47 Å². The summed E-state index contributed by atoms with van der Waals surface area (Å²) in [5.74, 6) is 2.28. The first-order chi connectivity index (χ1) is 18.5. The molecule has 4 saturated carbocycles. The molecule has 0 spiro atoms. The third kappa shape index (κ3) is 3.50. The Morgan fingerprint density at radius 1 is 0.605 bits per heavy atom. The van der Waals surface area contributed by atoms with Gasteiger partial charge in [0.25, 0.3) is 0 Å². The van der Waals surface area contributed by atoms with E-state index in [9.17, 15) is 21.0 Å². The molecule has 38 heavy (non-hydrogen) atoms. The summed E-state index contributed by atoms with van der Waals surface area (Å²) in [7, 11) is 0. The van der Waals surface area contributed by atoms with E-state index in [0.29, 0.717) is 34.5 Å². The highest BCUT2D eigenvalue weighted by molar-refractivity contribution is 5.51. The molecule has 6 nitrogen and oxygen atoms in total. The van der Waals surface area contributed by atoms with E-state index in [1.165, 1.54) is 6.42 Å². The van der Waals surface area contributed by atoms with Crippen molar-refractivity contribution in [1.82, 2.24) is 0 Å². The molecule has 0 saturated heterocycles. The van der Waals surface area contributed by atoms with Gasteiger partial charge in [0.2, 0.25) is 0 Å². The van der Waals surface area contributed by atoms with E-state index in [1.807, 2.05) is 18.2 Å². The Morgan fingerprint density at radius 2 is 1.13 bits per heavy atom. The Bertz CT molecular complexity index is 1570. The number of nitriles is 4. The van der Waals surface area contributed by atoms with Gasteiger partial charge in [-0.3, -0.25) is 0 Å². The van der Waals surface area contributed by atoms with E-state index in [-0.39, 0.29) is 17.0 Å². The third-order valence-corrected chi connectivity index (χ3v) is 8.65. The smallest absolute Gasteiger partial charge is 0.176 e. The molecule has 0 amide bonds. The van der Waals surface area contributed by atoms with Crippen LogP contribution in [0.15, 0.2) is 66.7 Å². The standard InChI is InChI=1S/C32H24N4O2/c33-17-23-6-8-29(13-25(23)19-35)37-31-15-21-10-22(16-31)12-28(11-21)32(31,27-4-2-1-3-5-27)38-30-9-7-24(18-34)26(14-30)20-36/h1-9,13-14,21-22,28H,10-12,15-16H2. The van der Waals surface area contributed by atoms with Crippen molar-refractivity contribution in [3.8, 4) is 35.8 Å². The lowest BCUT2D eigenvalue weighted by molar-refractivity contribution is -0.248. The van der Waals surface area contributed by atoms with Gasteiger partial charge in [-0.2, -0.15) is 21.0 Å². The van der Waals surface area contributed by atoms with Gasteiger partial charge in [0.1, 0.15) is 35.8 Å². The molecule has 0 N–H and O–H groups in total. The summed E-state index contributed by atoms with van der Waals surface area (Å²) in [5.41, 5.74) is 0.641. The molecule has 4 fully saturated rings. The number of hydrogen-bond acceptors (Lipinski definition) is 6. The Hall–Kier alpha value is -4.78. The minimum atomic E-state index is -0.844. The molecule has 4 aliphatic carbocycles. The Balaban J connectivity index is 1.53. The first-order valence-corrected chi connectivity index (χ1v) is 12.9. The second-order valence-electron chi connectivity index (χ2n) is 10.7. The Labute approximate surface area is 221 Å². The van der Waals surface area contributed by atoms with Crippen molar-refractivity contribution in [1.29, 1.82) is 21.0 Å². The van der Waals surface area contributed by atoms with E-state index in [1.54, 1.807) is 36.4 Å². The lowest BCUT2D eigenvalue weighted by Crippen LogP contribution is -2.71. The van der Waals surface area contributed by atoms with Gasteiger partial charge < -0.3 is 9.47 Å². The van der Waals surface area contributed by atoms with Crippen LogP contribution in [0.5, 0.6) is 11.5 Å². The number of hydrogen-bond donors (Lipinski definition) is 0. The molecule has 3 aromatic rings. The third-order valence-electron chi connectivity index (χ3n) is 8.65. The maximum Gasteiger partial charge on any atom is 0.176 e. The molecule has 0 heterocycles. The lowest BCUT2D eigenvalue weighted by Gasteiger charge is -2.65. The number of ether oxygens (including phenoxy) is 2. The van der Waals surface area contributed by atoms with Crippen molar-refractivity contribution in [2.75, 3.05) is 0 Å². The zero-order chi connectivity index (χ0) is 26.3. The largest absolute Gasteiger partial charge is 0.483 e. The van der Waals surface area contributed by atoms with Gasteiger partial charge in [0.15, 0.2) is 11.2 Å². The van der Waals surface area contributed by atoms with Crippen molar-refractivity contribution < 1.29 is 9.47 Å². The van der Waals surface area contributed by atoms with E-state index >= 15 is 0 Å². The lowest BCUT2D eigenvalue weighted by atomic mass is 9.46. The van der Waals surface area contributed by atoms with Gasteiger partial charge >= 0.3 is 0 Å². The Kier molecular flexibility index (Phi) is 5.56. The van der Waals surface area contributed by atoms with Crippen LogP contribution in [0.3, 0.4) is 0 Å². The van der Waals surface area contributed by atoms with Crippen molar-refractivity contribution in [3.05, 3.63) is 94.5 Å². The quantitative estimate of drug-likeness (QED) is 0.421. The van der Waals surface area contributed by atoms with Crippen LogP contribution in [-0.4, -0.2) is 5.60 Å². The van der Waals surface area contributed by atoms with Crippen LogP contribution in [0.1, 0.15) is 59.9 Å². The zero-order valence-corrected chi connectivity index (χ0v) is 20.7. The van der Waals surface area contributed by atoms with Crippen molar-refractivity contribution >= 4 is 0 Å². The molecule has 0 radical (unpaired) electrons. The molecular formula is C32H24N4O2. The summed E-state index contributed by atoms with van der Waals surface area (Å²) in [6.45, 7) is 0. The first-order valence-electron chi connectivity index (χ1n) is 12.9. The van der Waals surface area contributed by atoms with Gasteiger partial charge in [-0.25, -0.2) is 0 Å². The van der Waals surface area contributed by atoms with Crippen molar-refractivity contribution in [2.24, 2.45) is 17.8 Å². The highest BCUT2D eigenvalue weighted by atomic mass is 16.6. The fraction of sp³-hybridized carbons (Fsp3) is 0.312. The average Bonchev–Trinajstić information content (AvgIpc) is 2.94. The molecule has 0 aliphatic heterocycles. The predicted molar refractivity (Wildman–Crippen MR) is 137 cm³/mol. The van der Waals surface area contributed by atoms with E-state index in [2.05, 4.69) is 36.4 Å². The number of nitrogens with zero attached hydrogens (tertiary/aromatic N) is 4. The molecule has 184 valence electrons. The summed E-state index contributed by atoms with van der Waals surface area (Å²) in [5, 5.41) is 38.2. The fourth-order valence-electron chi connectivity index (χ4n) is 7.47. The SMILES string of the molecule is N#Cc1ccc(OC23CC4CC(CC(C4)C2(Oc2ccc(C#N)c(C#N)c2)c2ccccc2)C3)cc1C#N. The highest BCUT2D eigenvalue weighted by Gasteiger charge is 2.70. The zero-order valence-electron chi connectivity index (χ0n) is 20.7. The van der Waals surface area contributed by atoms with E-state index in [4.69, 9.17) is 9.47 Å². The maximum atomic E-state index is 9.67. The van der Waals surface area contributed by atoms with Crippen molar-refractivity contribution in [3.63, 3.8) is 0 Å².